The number of ether oxygens (including phenoxy) is 1. The molecule has 2 rings (SSSR count). The number of rotatable bonds is 2. The van der Waals surface area contributed by atoms with Gasteiger partial charge in [0.25, 0.3) is 6.02 Å². The standard InChI is InChI=1S/C11H13N3O2/c1-8(15)13-9-2-4-10(5-3-9)14-6-7-16-11(14)12/h2-5,12H,6-7H2,1H3,(H,13,15). The van der Waals surface area contributed by atoms with Gasteiger partial charge in [-0.3, -0.25) is 15.1 Å². The molecular formula is C11H13N3O2. The summed E-state index contributed by atoms with van der Waals surface area (Å²) >= 11 is 0. The maximum Gasteiger partial charge on any atom is 0.289 e. The fourth-order valence-corrected chi connectivity index (χ4v) is 1.59. The van der Waals surface area contributed by atoms with Crippen LogP contribution in [0.25, 0.3) is 0 Å². The van der Waals surface area contributed by atoms with Crippen LogP contribution in [0.2, 0.25) is 0 Å². The number of anilines is 2. The molecule has 5 heteroatoms. The first-order valence-corrected chi connectivity index (χ1v) is 5.03. The third-order valence-electron chi connectivity index (χ3n) is 2.30. The van der Waals surface area contributed by atoms with Crippen LogP contribution in [0.15, 0.2) is 24.3 Å². The molecule has 1 saturated heterocycles. The summed E-state index contributed by atoms with van der Waals surface area (Å²) in [6, 6.07) is 7.50. The van der Waals surface area contributed by atoms with Crippen molar-refractivity contribution in [1.82, 2.24) is 0 Å². The lowest BCUT2D eigenvalue weighted by Crippen LogP contribution is -2.23. The average molecular weight is 219 g/mol. The van der Waals surface area contributed by atoms with Gasteiger partial charge in [0, 0.05) is 18.3 Å². The zero-order valence-corrected chi connectivity index (χ0v) is 8.99. The Morgan fingerprint density at radius 1 is 1.44 bits per heavy atom. The lowest BCUT2D eigenvalue weighted by molar-refractivity contribution is -0.114. The molecule has 0 saturated carbocycles. The van der Waals surface area contributed by atoms with Crippen LogP contribution in [0.4, 0.5) is 11.4 Å². The van der Waals surface area contributed by atoms with E-state index in [4.69, 9.17) is 10.1 Å². The van der Waals surface area contributed by atoms with E-state index in [-0.39, 0.29) is 11.9 Å². The Kier molecular flexibility index (Phi) is 2.76. The summed E-state index contributed by atoms with van der Waals surface area (Å²) in [5, 5.41) is 10.2. The lowest BCUT2D eigenvalue weighted by Gasteiger charge is -2.15. The highest BCUT2D eigenvalue weighted by Gasteiger charge is 2.19. The van der Waals surface area contributed by atoms with Crippen LogP contribution in [-0.2, 0) is 9.53 Å². The molecule has 5 nitrogen and oxygen atoms in total. The van der Waals surface area contributed by atoms with Gasteiger partial charge in [-0.25, -0.2) is 0 Å². The van der Waals surface area contributed by atoms with Gasteiger partial charge in [0.1, 0.15) is 6.61 Å². The largest absolute Gasteiger partial charge is 0.463 e. The Morgan fingerprint density at radius 2 is 2.12 bits per heavy atom. The summed E-state index contributed by atoms with van der Waals surface area (Å²) in [5.41, 5.74) is 1.65. The van der Waals surface area contributed by atoms with Crippen molar-refractivity contribution in [2.24, 2.45) is 0 Å². The molecule has 0 unspecified atom stereocenters. The molecular weight excluding hydrogens is 206 g/mol. The Hall–Kier alpha value is -2.04. The van der Waals surface area contributed by atoms with Crippen LogP contribution in [0.1, 0.15) is 6.92 Å². The number of benzene rings is 1. The van der Waals surface area contributed by atoms with Crippen LogP contribution in [0.5, 0.6) is 0 Å². The third-order valence-corrected chi connectivity index (χ3v) is 2.30. The number of amides is 1. The fraction of sp³-hybridized carbons (Fsp3) is 0.273. The lowest BCUT2D eigenvalue weighted by atomic mass is 10.2. The first kappa shape index (κ1) is 10.5. The van der Waals surface area contributed by atoms with E-state index in [9.17, 15) is 4.79 Å². The highest BCUT2D eigenvalue weighted by Crippen LogP contribution is 2.20. The molecule has 1 fully saturated rings. The van der Waals surface area contributed by atoms with Gasteiger partial charge in [0.2, 0.25) is 5.91 Å². The quantitative estimate of drug-likeness (QED) is 0.790. The van der Waals surface area contributed by atoms with Crippen molar-refractivity contribution >= 4 is 23.3 Å². The molecule has 1 aromatic rings. The predicted octanol–water partition coefficient (Wildman–Crippen LogP) is 1.42. The van der Waals surface area contributed by atoms with Gasteiger partial charge in [-0.05, 0) is 24.3 Å². The topological polar surface area (TPSA) is 65.4 Å². The fourth-order valence-electron chi connectivity index (χ4n) is 1.59. The number of amidine groups is 1. The Balaban J connectivity index is 2.12. The average Bonchev–Trinajstić information content (AvgIpc) is 2.65. The van der Waals surface area contributed by atoms with E-state index in [0.717, 1.165) is 11.4 Å². The molecule has 0 aromatic heterocycles. The van der Waals surface area contributed by atoms with Gasteiger partial charge in [-0.1, -0.05) is 0 Å². The van der Waals surface area contributed by atoms with Crippen molar-refractivity contribution in [2.75, 3.05) is 23.4 Å². The van der Waals surface area contributed by atoms with Gasteiger partial charge >= 0.3 is 0 Å². The molecule has 84 valence electrons. The number of hydrogen-bond acceptors (Lipinski definition) is 3. The Labute approximate surface area is 93.5 Å². The van der Waals surface area contributed by atoms with Gasteiger partial charge in [-0.15, -0.1) is 0 Å². The number of nitrogens with zero attached hydrogens (tertiary/aromatic N) is 1. The van der Waals surface area contributed by atoms with E-state index in [1.165, 1.54) is 6.92 Å². The highest BCUT2D eigenvalue weighted by atomic mass is 16.5. The molecule has 2 N–H and O–H groups in total. The number of nitrogens with one attached hydrogen (secondary N) is 2. The second-order valence-electron chi connectivity index (χ2n) is 3.53. The summed E-state index contributed by atoms with van der Waals surface area (Å²) in [6.45, 7) is 2.71. The van der Waals surface area contributed by atoms with E-state index in [1.807, 2.05) is 24.3 Å². The molecule has 1 aliphatic heterocycles. The van der Waals surface area contributed by atoms with Gasteiger partial charge in [0.15, 0.2) is 0 Å². The SMILES string of the molecule is CC(=O)Nc1ccc(N2CCOC2=N)cc1. The van der Waals surface area contributed by atoms with Crippen LogP contribution in [0, 0.1) is 5.41 Å². The van der Waals surface area contributed by atoms with Crippen molar-refractivity contribution in [3.63, 3.8) is 0 Å². The van der Waals surface area contributed by atoms with E-state index in [0.29, 0.717) is 13.2 Å². The van der Waals surface area contributed by atoms with Crippen LogP contribution in [-0.4, -0.2) is 25.1 Å². The minimum Gasteiger partial charge on any atom is -0.463 e. The first-order chi connectivity index (χ1) is 7.66. The number of carbonyl (C=O) groups excluding carboxylic acids is 1. The number of hydrogen-bond donors (Lipinski definition) is 2. The summed E-state index contributed by atoms with van der Waals surface area (Å²) in [5.74, 6) is -0.0926. The summed E-state index contributed by atoms with van der Waals surface area (Å²) in [4.78, 5) is 12.6. The van der Waals surface area contributed by atoms with Crippen LogP contribution in [0.3, 0.4) is 0 Å². The zero-order chi connectivity index (χ0) is 11.5. The Bertz CT molecular complexity index is 414. The molecule has 1 heterocycles. The van der Waals surface area contributed by atoms with Crippen molar-refractivity contribution in [3.05, 3.63) is 24.3 Å². The van der Waals surface area contributed by atoms with E-state index < -0.39 is 0 Å². The van der Waals surface area contributed by atoms with E-state index >= 15 is 0 Å². The van der Waals surface area contributed by atoms with Crippen LogP contribution < -0.4 is 10.2 Å². The minimum absolute atomic E-state index is 0.0926. The van der Waals surface area contributed by atoms with Gasteiger partial charge in [-0.2, -0.15) is 0 Å². The van der Waals surface area contributed by atoms with Crippen LogP contribution >= 0.6 is 0 Å². The van der Waals surface area contributed by atoms with Crippen molar-refractivity contribution in [2.45, 2.75) is 6.92 Å². The summed E-state index contributed by atoms with van der Waals surface area (Å²) in [6.07, 6.45) is 0. The molecule has 0 spiro atoms. The Morgan fingerprint density at radius 3 is 2.62 bits per heavy atom. The van der Waals surface area contributed by atoms with Crippen molar-refractivity contribution in [1.29, 1.82) is 5.41 Å². The zero-order valence-electron chi connectivity index (χ0n) is 8.99. The van der Waals surface area contributed by atoms with Gasteiger partial charge < -0.3 is 10.1 Å². The molecule has 16 heavy (non-hydrogen) atoms. The van der Waals surface area contributed by atoms with Crippen molar-refractivity contribution < 1.29 is 9.53 Å². The second-order valence-corrected chi connectivity index (χ2v) is 3.53. The summed E-state index contributed by atoms with van der Waals surface area (Å²) < 4.78 is 5.05. The highest BCUT2D eigenvalue weighted by molar-refractivity contribution is 5.92. The predicted molar refractivity (Wildman–Crippen MR) is 61.8 cm³/mol. The normalized spacial score (nSPS) is 14.8. The first-order valence-electron chi connectivity index (χ1n) is 5.03. The smallest absolute Gasteiger partial charge is 0.289 e. The van der Waals surface area contributed by atoms with E-state index in [1.54, 1.807) is 4.90 Å². The molecule has 0 aliphatic carbocycles. The molecule has 0 bridgehead atoms. The summed E-state index contributed by atoms with van der Waals surface area (Å²) in [7, 11) is 0. The third kappa shape index (κ3) is 2.13. The minimum atomic E-state index is -0.0926. The second kappa shape index (κ2) is 4.22. The molecule has 0 radical (unpaired) electrons. The molecule has 1 aromatic carbocycles. The maximum absolute atomic E-state index is 10.8. The van der Waals surface area contributed by atoms with E-state index in [2.05, 4.69) is 5.32 Å². The molecule has 1 amide bonds. The van der Waals surface area contributed by atoms with Gasteiger partial charge in [0.05, 0.1) is 6.54 Å². The molecule has 0 atom stereocenters. The monoisotopic (exact) mass is 219 g/mol. The maximum atomic E-state index is 10.8. The van der Waals surface area contributed by atoms with Crippen molar-refractivity contribution in [3.8, 4) is 0 Å². The number of carbonyl (C=O) groups is 1. The molecule has 1 aliphatic rings.